The number of aromatic nitrogens is 1. The molecule has 1 aromatic rings. The molecular formula is C13H14Cl2N2O3. The van der Waals surface area contributed by atoms with Gasteiger partial charge in [-0.1, -0.05) is 23.2 Å². The first kappa shape index (κ1) is 14.1. The number of likely N-dealkylation sites (tertiary alicyclic amines) is 1. The molecule has 0 N–H and O–H groups in total. The molecule has 0 aliphatic carbocycles. The number of hydrogen-bond donors (Lipinski definition) is 0. The van der Waals surface area contributed by atoms with Gasteiger partial charge in [0.15, 0.2) is 5.79 Å². The zero-order valence-electron chi connectivity index (χ0n) is 10.8. The molecule has 2 fully saturated rings. The molecule has 5 nitrogen and oxygen atoms in total. The van der Waals surface area contributed by atoms with Crippen LogP contribution in [0.5, 0.6) is 0 Å². The summed E-state index contributed by atoms with van der Waals surface area (Å²) in [5.41, 5.74) is 0.175. The SMILES string of the molecule is O=C(c1nc(Cl)ccc1Cl)N1CCCC2(C1)OCCO2. The van der Waals surface area contributed by atoms with Crippen LogP contribution in [0.3, 0.4) is 0 Å². The molecule has 3 heterocycles. The number of amides is 1. The fourth-order valence-electron chi connectivity index (χ4n) is 2.61. The van der Waals surface area contributed by atoms with Crippen LogP contribution < -0.4 is 0 Å². The summed E-state index contributed by atoms with van der Waals surface area (Å²) in [5, 5.41) is 0.546. The summed E-state index contributed by atoms with van der Waals surface area (Å²) in [6, 6.07) is 3.13. The maximum atomic E-state index is 12.5. The second kappa shape index (κ2) is 5.48. The lowest BCUT2D eigenvalue weighted by Gasteiger charge is -2.38. The van der Waals surface area contributed by atoms with Crippen LogP contribution in [-0.4, -0.2) is 47.9 Å². The zero-order chi connectivity index (χ0) is 14.2. The molecular weight excluding hydrogens is 303 g/mol. The third-order valence-corrected chi connectivity index (χ3v) is 4.05. The molecule has 0 atom stereocenters. The van der Waals surface area contributed by atoms with E-state index in [2.05, 4.69) is 4.98 Å². The Bertz CT molecular complexity index is 532. The minimum atomic E-state index is -0.654. The summed E-state index contributed by atoms with van der Waals surface area (Å²) >= 11 is 11.9. The summed E-state index contributed by atoms with van der Waals surface area (Å²) in [4.78, 5) is 18.2. The van der Waals surface area contributed by atoms with E-state index >= 15 is 0 Å². The second-order valence-electron chi connectivity index (χ2n) is 4.90. The first-order chi connectivity index (χ1) is 9.60. The van der Waals surface area contributed by atoms with Gasteiger partial charge in [0.1, 0.15) is 10.8 Å². The summed E-state index contributed by atoms with van der Waals surface area (Å²) in [5.74, 6) is -0.894. The van der Waals surface area contributed by atoms with Crippen LogP contribution in [0.15, 0.2) is 12.1 Å². The molecule has 0 unspecified atom stereocenters. The smallest absolute Gasteiger partial charge is 0.274 e. The van der Waals surface area contributed by atoms with E-state index in [0.29, 0.717) is 31.3 Å². The van der Waals surface area contributed by atoms with Crippen molar-refractivity contribution in [2.45, 2.75) is 18.6 Å². The number of nitrogens with zero attached hydrogens (tertiary/aromatic N) is 2. The molecule has 1 aromatic heterocycles. The lowest BCUT2D eigenvalue weighted by molar-refractivity contribution is -0.183. The van der Waals surface area contributed by atoms with E-state index in [-0.39, 0.29) is 16.8 Å². The quantitative estimate of drug-likeness (QED) is 0.746. The largest absolute Gasteiger partial charge is 0.346 e. The third-order valence-electron chi connectivity index (χ3n) is 3.53. The van der Waals surface area contributed by atoms with Gasteiger partial charge in [-0.2, -0.15) is 0 Å². The highest BCUT2D eigenvalue weighted by molar-refractivity contribution is 6.34. The molecule has 20 heavy (non-hydrogen) atoms. The fourth-order valence-corrected chi connectivity index (χ4v) is 2.95. The van der Waals surface area contributed by atoms with Crippen molar-refractivity contribution in [3.8, 4) is 0 Å². The van der Waals surface area contributed by atoms with Gasteiger partial charge in [-0.05, 0) is 18.6 Å². The summed E-state index contributed by atoms with van der Waals surface area (Å²) in [7, 11) is 0. The third kappa shape index (κ3) is 2.63. The van der Waals surface area contributed by atoms with Crippen LogP contribution in [0.1, 0.15) is 23.3 Å². The number of piperidine rings is 1. The van der Waals surface area contributed by atoms with E-state index in [1.165, 1.54) is 0 Å². The van der Waals surface area contributed by atoms with E-state index < -0.39 is 5.79 Å². The molecule has 108 valence electrons. The van der Waals surface area contributed by atoms with E-state index in [9.17, 15) is 4.79 Å². The summed E-state index contributed by atoms with van der Waals surface area (Å²) in [6.45, 7) is 2.17. The molecule has 0 aromatic carbocycles. The zero-order valence-corrected chi connectivity index (χ0v) is 12.3. The van der Waals surface area contributed by atoms with Crippen LogP contribution in [0.25, 0.3) is 0 Å². The predicted octanol–water partition coefficient (Wildman–Crippen LogP) is 2.37. The first-order valence-corrected chi connectivity index (χ1v) is 7.24. The van der Waals surface area contributed by atoms with Gasteiger partial charge in [0.25, 0.3) is 5.91 Å². The monoisotopic (exact) mass is 316 g/mol. The van der Waals surface area contributed by atoms with Gasteiger partial charge >= 0.3 is 0 Å². The van der Waals surface area contributed by atoms with Gasteiger partial charge in [0.2, 0.25) is 0 Å². The number of carbonyl (C=O) groups excluding carboxylic acids is 1. The van der Waals surface area contributed by atoms with Gasteiger partial charge in [-0.3, -0.25) is 4.79 Å². The van der Waals surface area contributed by atoms with Crippen LogP contribution in [0.2, 0.25) is 10.2 Å². The van der Waals surface area contributed by atoms with Gasteiger partial charge in [0.05, 0.1) is 24.8 Å². The van der Waals surface area contributed by atoms with Crippen molar-refractivity contribution in [1.82, 2.24) is 9.88 Å². The Hall–Kier alpha value is -0.880. The number of hydrogen-bond acceptors (Lipinski definition) is 4. The normalized spacial score (nSPS) is 21.4. The van der Waals surface area contributed by atoms with Gasteiger partial charge in [-0.15, -0.1) is 0 Å². The van der Waals surface area contributed by atoms with Crippen LogP contribution in [-0.2, 0) is 9.47 Å². The van der Waals surface area contributed by atoms with Crippen molar-refractivity contribution in [3.05, 3.63) is 28.0 Å². The molecule has 2 aliphatic heterocycles. The molecule has 7 heteroatoms. The first-order valence-electron chi connectivity index (χ1n) is 6.49. The van der Waals surface area contributed by atoms with Crippen molar-refractivity contribution in [2.75, 3.05) is 26.3 Å². The number of pyridine rings is 1. The van der Waals surface area contributed by atoms with Crippen molar-refractivity contribution in [3.63, 3.8) is 0 Å². The molecule has 0 radical (unpaired) electrons. The Balaban J connectivity index is 1.81. The summed E-state index contributed by atoms with van der Waals surface area (Å²) in [6.07, 6.45) is 1.62. The molecule has 1 amide bonds. The highest BCUT2D eigenvalue weighted by Crippen LogP contribution is 2.31. The Morgan fingerprint density at radius 3 is 2.80 bits per heavy atom. The van der Waals surface area contributed by atoms with Crippen molar-refractivity contribution in [1.29, 1.82) is 0 Å². The maximum Gasteiger partial charge on any atom is 0.274 e. The van der Waals surface area contributed by atoms with E-state index in [1.807, 2.05) is 0 Å². The minimum absolute atomic E-state index is 0.175. The topological polar surface area (TPSA) is 51.7 Å². The van der Waals surface area contributed by atoms with Gasteiger partial charge < -0.3 is 14.4 Å². The predicted molar refractivity (Wildman–Crippen MR) is 74.0 cm³/mol. The van der Waals surface area contributed by atoms with Gasteiger partial charge in [0, 0.05) is 13.0 Å². The highest BCUT2D eigenvalue weighted by atomic mass is 35.5. The van der Waals surface area contributed by atoms with Gasteiger partial charge in [-0.25, -0.2) is 4.98 Å². The lowest BCUT2D eigenvalue weighted by atomic mass is 10.0. The average Bonchev–Trinajstić information content (AvgIpc) is 2.88. The number of halogens is 2. The van der Waals surface area contributed by atoms with Crippen LogP contribution in [0.4, 0.5) is 0 Å². The fraction of sp³-hybridized carbons (Fsp3) is 0.538. The Kier molecular flexibility index (Phi) is 3.86. The van der Waals surface area contributed by atoms with Crippen molar-refractivity contribution < 1.29 is 14.3 Å². The van der Waals surface area contributed by atoms with Crippen molar-refractivity contribution in [2.24, 2.45) is 0 Å². The van der Waals surface area contributed by atoms with Crippen LogP contribution >= 0.6 is 23.2 Å². The minimum Gasteiger partial charge on any atom is -0.346 e. The number of ether oxygens (including phenoxy) is 2. The highest BCUT2D eigenvalue weighted by Gasteiger charge is 2.42. The molecule has 3 rings (SSSR count). The van der Waals surface area contributed by atoms with E-state index in [4.69, 9.17) is 32.7 Å². The molecule has 0 bridgehead atoms. The van der Waals surface area contributed by atoms with E-state index in [0.717, 1.165) is 12.8 Å². The lowest BCUT2D eigenvalue weighted by Crippen LogP contribution is -2.51. The maximum absolute atomic E-state index is 12.5. The number of rotatable bonds is 1. The Labute approximate surface area is 126 Å². The van der Waals surface area contributed by atoms with Crippen molar-refractivity contribution >= 4 is 29.1 Å². The summed E-state index contributed by atoms with van der Waals surface area (Å²) < 4.78 is 11.3. The standard InChI is InChI=1S/C13H14Cl2N2O3/c14-9-2-3-10(15)16-11(9)12(18)17-5-1-4-13(8-17)19-6-7-20-13/h2-3H,1,4-8H2. The second-order valence-corrected chi connectivity index (χ2v) is 5.70. The van der Waals surface area contributed by atoms with E-state index in [1.54, 1.807) is 17.0 Å². The average molecular weight is 317 g/mol. The molecule has 2 saturated heterocycles. The Morgan fingerprint density at radius 1 is 1.30 bits per heavy atom. The number of carbonyl (C=O) groups is 1. The molecule has 1 spiro atoms. The molecule has 2 aliphatic rings. The van der Waals surface area contributed by atoms with Crippen LogP contribution in [0, 0.1) is 0 Å². The Morgan fingerprint density at radius 2 is 2.05 bits per heavy atom. The molecule has 0 saturated carbocycles.